The number of halogens is 1. The molecular formula is C12H17ClN2O2. The van der Waals surface area contributed by atoms with E-state index in [-0.39, 0.29) is 0 Å². The van der Waals surface area contributed by atoms with Gasteiger partial charge in [0.15, 0.2) is 0 Å². The largest absolute Gasteiger partial charge is 0.448 e. The first kappa shape index (κ1) is 13.8. The van der Waals surface area contributed by atoms with Crippen molar-refractivity contribution < 1.29 is 9.53 Å². The molecule has 0 aromatic heterocycles. The normalized spacial score (nSPS) is 12.1. The van der Waals surface area contributed by atoms with Gasteiger partial charge in [-0.3, -0.25) is 0 Å². The van der Waals surface area contributed by atoms with Crippen LogP contribution < -0.4 is 11.1 Å². The highest BCUT2D eigenvalue weighted by molar-refractivity contribution is 6.30. The smallest absolute Gasteiger partial charge is 0.404 e. The van der Waals surface area contributed by atoms with Gasteiger partial charge in [0.1, 0.15) is 6.61 Å². The molecular weight excluding hydrogens is 240 g/mol. The van der Waals surface area contributed by atoms with Crippen LogP contribution in [0.3, 0.4) is 0 Å². The maximum absolute atomic E-state index is 10.3. The molecule has 1 aromatic carbocycles. The lowest BCUT2D eigenvalue weighted by Crippen LogP contribution is -2.32. The van der Waals surface area contributed by atoms with Crippen LogP contribution in [0.2, 0.25) is 5.02 Å². The van der Waals surface area contributed by atoms with Crippen LogP contribution in [-0.4, -0.2) is 25.3 Å². The van der Waals surface area contributed by atoms with Gasteiger partial charge in [0.25, 0.3) is 0 Å². The molecule has 1 amide bonds. The Hall–Kier alpha value is -1.26. The summed E-state index contributed by atoms with van der Waals surface area (Å²) in [6.07, 6.45) is 0.158. The van der Waals surface area contributed by atoms with E-state index in [2.05, 4.69) is 17.0 Å². The van der Waals surface area contributed by atoms with Gasteiger partial charge in [-0.25, -0.2) is 4.79 Å². The van der Waals surface area contributed by atoms with Crippen molar-refractivity contribution in [3.8, 4) is 0 Å². The monoisotopic (exact) mass is 256 g/mol. The third-order valence-electron chi connectivity index (χ3n) is 2.29. The molecule has 0 saturated carbocycles. The Morgan fingerprint density at radius 3 is 2.71 bits per heavy atom. The summed E-state index contributed by atoms with van der Waals surface area (Å²) < 4.78 is 4.62. The van der Waals surface area contributed by atoms with Crippen LogP contribution in [0.1, 0.15) is 12.5 Å². The van der Waals surface area contributed by atoms with E-state index in [1.165, 1.54) is 5.56 Å². The molecule has 0 bridgehead atoms. The van der Waals surface area contributed by atoms with Crippen LogP contribution >= 0.6 is 11.6 Å². The van der Waals surface area contributed by atoms with E-state index in [0.29, 0.717) is 19.2 Å². The zero-order chi connectivity index (χ0) is 12.7. The van der Waals surface area contributed by atoms with Gasteiger partial charge in [0.2, 0.25) is 0 Å². The molecule has 0 fully saturated rings. The van der Waals surface area contributed by atoms with E-state index in [0.717, 1.165) is 11.4 Å². The van der Waals surface area contributed by atoms with Crippen molar-refractivity contribution >= 4 is 17.7 Å². The number of hydrogen-bond acceptors (Lipinski definition) is 3. The van der Waals surface area contributed by atoms with Crippen LogP contribution in [0.25, 0.3) is 0 Å². The van der Waals surface area contributed by atoms with Crippen molar-refractivity contribution in [2.75, 3.05) is 13.2 Å². The molecule has 4 nitrogen and oxygen atoms in total. The molecule has 5 heteroatoms. The van der Waals surface area contributed by atoms with E-state index in [4.69, 9.17) is 17.3 Å². The second kappa shape index (κ2) is 7.14. The summed E-state index contributed by atoms with van der Waals surface area (Å²) in [5.74, 6) is 0. The van der Waals surface area contributed by atoms with Gasteiger partial charge < -0.3 is 15.8 Å². The predicted octanol–water partition coefficient (Wildman–Crippen LogP) is 1.96. The first-order valence-electron chi connectivity index (χ1n) is 5.48. The highest BCUT2D eigenvalue weighted by Crippen LogP contribution is 2.10. The summed E-state index contributed by atoms with van der Waals surface area (Å²) in [7, 11) is 0. The maximum Gasteiger partial charge on any atom is 0.404 e. The third-order valence-corrected chi connectivity index (χ3v) is 2.55. The fraction of sp³-hybridized carbons (Fsp3) is 0.417. The molecule has 1 rings (SSSR count). The number of rotatable bonds is 6. The Bertz CT molecular complexity index is 354. The first-order chi connectivity index (χ1) is 8.08. The maximum atomic E-state index is 10.3. The fourth-order valence-corrected chi connectivity index (χ4v) is 1.63. The molecule has 1 unspecified atom stereocenters. The number of nitrogens with two attached hydrogens (primary N) is 1. The number of carbonyl (C=O) groups excluding carboxylic acids is 1. The molecule has 0 aliphatic carbocycles. The first-order valence-corrected chi connectivity index (χ1v) is 5.86. The van der Waals surface area contributed by atoms with Crippen molar-refractivity contribution in [2.24, 2.45) is 5.73 Å². The minimum Gasteiger partial charge on any atom is -0.448 e. The Morgan fingerprint density at radius 1 is 1.47 bits per heavy atom. The van der Waals surface area contributed by atoms with Crippen molar-refractivity contribution in [3.05, 3.63) is 34.9 Å². The SMILES string of the molecule is CC(Cc1ccc(Cl)cc1)NCCOC(N)=O. The second-order valence-corrected chi connectivity index (χ2v) is 4.29. The number of amides is 1. The van der Waals surface area contributed by atoms with E-state index < -0.39 is 6.09 Å². The average Bonchev–Trinajstić information content (AvgIpc) is 2.27. The Kier molecular flexibility index (Phi) is 5.80. The van der Waals surface area contributed by atoms with E-state index in [1.54, 1.807) is 0 Å². The Labute approximate surface area is 106 Å². The molecule has 0 saturated heterocycles. The molecule has 0 spiro atoms. The summed E-state index contributed by atoms with van der Waals surface area (Å²) in [5.41, 5.74) is 6.06. The van der Waals surface area contributed by atoms with E-state index in [9.17, 15) is 4.79 Å². The molecule has 0 aliphatic rings. The highest BCUT2D eigenvalue weighted by Gasteiger charge is 2.03. The van der Waals surface area contributed by atoms with Gasteiger partial charge in [-0.2, -0.15) is 0 Å². The fourth-order valence-electron chi connectivity index (χ4n) is 1.50. The van der Waals surface area contributed by atoms with Gasteiger partial charge in [0.05, 0.1) is 0 Å². The van der Waals surface area contributed by atoms with Crippen molar-refractivity contribution in [1.29, 1.82) is 0 Å². The molecule has 1 atom stereocenters. The summed E-state index contributed by atoms with van der Waals surface area (Å²) in [6, 6.07) is 8.05. The van der Waals surface area contributed by atoms with Gasteiger partial charge in [-0.05, 0) is 31.0 Å². The van der Waals surface area contributed by atoms with E-state index >= 15 is 0 Å². The summed E-state index contributed by atoms with van der Waals surface area (Å²) in [4.78, 5) is 10.3. The molecule has 94 valence electrons. The quantitative estimate of drug-likeness (QED) is 0.765. The zero-order valence-corrected chi connectivity index (χ0v) is 10.5. The van der Waals surface area contributed by atoms with Crippen molar-refractivity contribution in [3.63, 3.8) is 0 Å². The van der Waals surface area contributed by atoms with Crippen LogP contribution in [0.5, 0.6) is 0 Å². The summed E-state index contributed by atoms with van der Waals surface area (Å²) >= 11 is 5.80. The number of hydrogen-bond donors (Lipinski definition) is 2. The van der Waals surface area contributed by atoms with Crippen LogP contribution in [-0.2, 0) is 11.2 Å². The lowest BCUT2D eigenvalue weighted by Gasteiger charge is -2.13. The molecule has 17 heavy (non-hydrogen) atoms. The highest BCUT2D eigenvalue weighted by atomic mass is 35.5. The number of primary amides is 1. The molecule has 0 heterocycles. The lowest BCUT2D eigenvalue weighted by molar-refractivity contribution is 0.156. The van der Waals surface area contributed by atoms with E-state index in [1.807, 2.05) is 24.3 Å². The minimum absolute atomic E-state index is 0.292. The van der Waals surface area contributed by atoms with Gasteiger partial charge in [-0.1, -0.05) is 23.7 Å². The summed E-state index contributed by atoms with van der Waals surface area (Å²) in [6.45, 7) is 2.96. The third kappa shape index (κ3) is 6.14. The second-order valence-electron chi connectivity index (χ2n) is 3.85. The number of carbonyl (C=O) groups is 1. The standard InChI is InChI=1S/C12H17ClN2O2/c1-9(15-6-7-17-12(14)16)8-10-2-4-11(13)5-3-10/h2-5,9,15H,6-8H2,1H3,(H2,14,16). The number of nitrogens with one attached hydrogen (secondary N) is 1. The summed E-state index contributed by atoms with van der Waals surface area (Å²) in [5, 5.41) is 3.98. The van der Waals surface area contributed by atoms with Crippen LogP contribution in [0, 0.1) is 0 Å². The number of ether oxygens (including phenoxy) is 1. The van der Waals surface area contributed by atoms with Crippen LogP contribution in [0.4, 0.5) is 4.79 Å². The van der Waals surface area contributed by atoms with Crippen LogP contribution in [0.15, 0.2) is 24.3 Å². The lowest BCUT2D eigenvalue weighted by atomic mass is 10.1. The van der Waals surface area contributed by atoms with Gasteiger partial charge in [-0.15, -0.1) is 0 Å². The Morgan fingerprint density at radius 2 is 2.12 bits per heavy atom. The average molecular weight is 257 g/mol. The topological polar surface area (TPSA) is 64.3 Å². The molecule has 3 N–H and O–H groups in total. The zero-order valence-electron chi connectivity index (χ0n) is 9.78. The van der Waals surface area contributed by atoms with Crippen molar-refractivity contribution in [2.45, 2.75) is 19.4 Å². The Balaban J connectivity index is 2.22. The van der Waals surface area contributed by atoms with Gasteiger partial charge in [0, 0.05) is 17.6 Å². The van der Waals surface area contributed by atoms with Gasteiger partial charge >= 0.3 is 6.09 Å². The molecule has 1 aromatic rings. The molecule has 0 aliphatic heterocycles. The van der Waals surface area contributed by atoms with Crippen molar-refractivity contribution in [1.82, 2.24) is 5.32 Å². The minimum atomic E-state index is -0.739. The molecule has 0 radical (unpaired) electrons. The number of benzene rings is 1. The predicted molar refractivity (Wildman–Crippen MR) is 68.2 cm³/mol.